The van der Waals surface area contributed by atoms with Crippen molar-refractivity contribution in [2.75, 3.05) is 12.4 Å². The summed E-state index contributed by atoms with van der Waals surface area (Å²) in [6, 6.07) is 0.394. The maximum Gasteiger partial charge on any atom is 0.257 e. The molecule has 0 bridgehead atoms. The van der Waals surface area contributed by atoms with E-state index in [0.717, 1.165) is 18.5 Å². The molecule has 5 heteroatoms. The van der Waals surface area contributed by atoms with Crippen LogP contribution < -0.4 is 0 Å². The molecule has 0 N–H and O–H groups in total. The molecule has 0 aliphatic heterocycles. The van der Waals surface area contributed by atoms with Gasteiger partial charge in [0.15, 0.2) is 0 Å². The molecule has 0 atom stereocenters. The Morgan fingerprint density at radius 3 is 2.81 bits per heavy atom. The van der Waals surface area contributed by atoms with Crippen molar-refractivity contribution in [3.05, 3.63) is 17.5 Å². The summed E-state index contributed by atoms with van der Waals surface area (Å²) in [5.41, 5.74) is 1.60. The van der Waals surface area contributed by atoms with Crippen molar-refractivity contribution >= 4 is 17.5 Å². The summed E-state index contributed by atoms with van der Waals surface area (Å²) in [6.07, 6.45) is 3.84. The van der Waals surface area contributed by atoms with Crippen molar-refractivity contribution in [3.8, 4) is 0 Å². The van der Waals surface area contributed by atoms with Gasteiger partial charge < -0.3 is 4.90 Å². The van der Waals surface area contributed by atoms with E-state index in [0.29, 0.717) is 24.0 Å². The van der Waals surface area contributed by atoms with Gasteiger partial charge in [-0.25, -0.2) is 0 Å². The van der Waals surface area contributed by atoms with Crippen LogP contribution in [0.15, 0.2) is 6.20 Å². The van der Waals surface area contributed by atoms with Gasteiger partial charge in [-0.15, -0.1) is 11.6 Å². The van der Waals surface area contributed by atoms with Crippen LogP contribution in [0.1, 0.15) is 28.9 Å². The van der Waals surface area contributed by atoms with E-state index in [-0.39, 0.29) is 5.91 Å². The van der Waals surface area contributed by atoms with E-state index >= 15 is 0 Å². The second-order valence-electron chi connectivity index (χ2n) is 4.19. The van der Waals surface area contributed by atoms with Gasteiger partial charge in [-0.3, -0.25) is 9.48 Å². The molecule has 2 rings (SSSR count). The second-order valence-corrected chi connectivity index (χ2v) is 4.56. The number of aromatic nitrogens is 2. The first-order chi connectivity index (χ1) is 7.65. The lowest BCUT2D eigenvalue weighted by atomic mass is 10.2. The fourth-order valence-corrected chi connectivity index (χ4v) is 1.97. The summed E-state index contributed by atoms with van der Waals surface area (Å²) in [4.78, 5) is 14.1. The number of aryl methyl sites for hydroxylation is 1. The Kier molecular flexibility index (Phi) is 3.19. The number of carbonyl (C=O) groups excluding carboxylic acids is 1. The molecule has 16 heavy (non-hydrogen) atoms. The molecule has 0 spiro atoms. The number of hydrogen-bond donors (Lipinski definition) is 0. The Morgan fingerprint density at radius 2 is 2.38 bits per heavy atom. The first-order valence-corrected chi connectivity index (χ1v) is 6.04. The van der Waals surface area contributed by atoms with E-state index in [4.69, 9.17) is 11.6 Å². The van der Waals surface area contributed by atoms with Crippen LogP contribution in [0.25, 0.3) is 0 Å². The Bertz CT molecular complexity index is 398. The van der Waals surface area contributed by atoms with Crippen molar-refractivity contribution in [2.45, 2.75) is 25.8 Å². The highest BCUT2D eigenvalue weighted by Crippen LogP contribution is 2.28. The van der Waals surface area contributed by atoms with E-state index in [1.807, 2.05) is 18.9 Å². The molecule has 0 aromatic carbocycles. The predicted molar refractivity (Wildman–Crippen MR) is 62.7 cm³/mol. The van der Waals surface area contributed by atoms with Gasteiger partial charge in [-0.05, 0) is 19.8 Å². The highest BCUT2D eigenvalue weighted by molar-refractivity contribution is 6.18. The molecule has 1 aliphatic rings. The Hall–Kier alpha value is -1.03. The van der Waals surface area contributed by atoms with Gasteiger partial charge in [0.1, 0.15) is 0 Å². The third-order valence-electron chi connectivity index (χ3n) is 3.04. The minimum absolute atomic E-state index is 0.0637. The summed E-state index contributed by atoms with van der Waals surface area (Å²) in [5.74, 6) is 0.551. The van der Waals surface area contributed by atoms with Crippen molar-refractivity contribution in [2.24, 2.45) is 7.05 Å². The number of carbonyl (C=O) groups is 1. The number of hydrogen-bond acceptors (Lipinski definition) is 2. The molecule has 1 amide bonds. The number of alkyl halides is 1. The summed E-state index contributed by atoms with van der Waals surface area (Å²) in [7, 11) is 1.84. The average molecular weight is 242 g/mol. The summed E-state index contributed by atoms with van der Waals surface area (Å²) < 4.78 is 1.72. The number of rotatable bonds is 4. The van der Waals surface area contributed by atoms with Gasteiger partial charge >= 0.3 is 0 Å². The third kappa shape index (κ3) is 2.07. The average Bonchev–Trinajstić information content (AvgIpc) is 3.04. The molecule has 1 heterocycles. The molecular weight excluding hydrogens is 226 g/mol. The van der Waals surface area contributed by atoms with Crippen LogP contribution in [0.5, 0.6) is 0 Å². The number of halogens is 1. The maximum absolute atomic E-state index is 12.3. The molecule has 0 saturated heterocycles. The lowest BCUT2D eigenvalue weighted by Crippen LogP contribution is -2.35. The fraction of sp³-hybridized carbons (Fsp3) is 0.636. The van der Waals surface area contributed by atoms with Gasteiger partial charge in [0.05, 0.1) is 11.8 Å². The molecule has 1 aromatic heterocycles. The maximum atomic E-state index is 12.3. The fourth-order valence-electron chi connectivity index (χ4n) is 1.79. The van der Waals surface area contributed by atoms with E-state index in [2.05, 4.69) is 5.10 Å². The van der Waals surface area contributed by atoms with Gasteiger partial charge in [-0.2, -0.15) is 5.10 Å². The minimum Gasteiger partial charge on any atom is -0.334 e. The van der Waals surface area contributed by atoms with Crippen LogP contribution in [0.3, 0.4) is 0 Å². The van der Waals surface area contributed by atoms with Crippen LogP contribution in [0.2, 0.25) is 0 Å². The first kappa shape index (κ1) is 11.5. The SMILES string of the molecule is Cc1c(C(=O)N(CCCl)C2CC2)cnn1C. The van der Waals surface area contributed by atoms with E-state index in [1.54, 1.807) is 10.9 Å². The third-order valence-corrected chi connectivity index (χ3v) is 3.21. The van der Waals surface area contributed by atoms with Crippen molar-refractivity contribution in [1.29, 1.82) is 0 Å². The normalized spacial score (nSPS) is 15.2. The molecule has 1 aromatic rings. The molecule has 88 valence electrons. The number of nitrogens with zero attached hydrogens (tertiary/aromatic N) is 3. The van der Waals surface area contributed by atoms with Crippen molar-refractivity contribution < 1.29 is 4.79 Å². The smallest absolute Gasteiger partial charge is 0.257 e. The molecule has 0 unspecified atom stereocenters. The molecule has 1 saturated carbocycles. The van der Waals surface area contributed by atoms with Gasteiger partial charge in [0, 0.05) is 31.2 Å². The zero-order valence-electron chi connectivity index (χ0n) is 9.61. The van der Waals surface area contributed by atoms with E-state index in [9.17, 15) is 4.79 Å². The summed E-state index contributed by atoms with van der Waals surface area (Å²) >= 11 is 5.73. The minimum atomic E-state index is 0.0637. The highest BCUT2D eigenvalue weighted by Gasteiger charge is 2.33. The van der Waals surface area contributed by atoms with Crippen LogP contribution in [0, 0.1) is 6.92 Å². The zero-order valence-corrected chi connectivity index (χ0v) is 10.4. The zero-order chi connectivity index (χ0) is 11.7. The van der Waals surface area contributed by atoms with Gasteiger partial charge in [-0.1, -0.05) is 0 Å². The predicted octanol–water partition coefficient (Wildman–Crippen LogP) is 1.57. The van der Waals surface area contributed by atoms with Gasteiger partial charge in [0.25, 0.3) is 5.91 Å². The lowest BCUT2D eigenvalue weighted by molar-refractivity contribution is 0.0753. The lowest BCUT2D eigenvalue weighted by Gasteiger charge is -2.20. The van der Waals surface area contributed by atoms with Gasteiger partial charge in [0.2, 0.25) is 0 Å². The Morgan fingerprint density at radius 1 is 1.69 bits per heavy atom. The van der Waals surface area contributed by atoms with E-state index < -0.39 is 0 Å². The van der Waals surface area contributed by atoms with Crippen LogP contribution >= 0.6 is 11.6 Å². The standard InChI is InChI=1S/C11H16ClN3O/c1-8-10(7-13-14(8)2)11(16)15(6-5-12)9-3-4-9/h7,9H,3-6H2,1-2H3. The molecule has 1 fully saturated rings. The molecule has 4 nitrogen and oxygen atoms in total. The summed E-state index contributed by atoms with van der Waals surface area (Å²) in [5, 5.41) is 4.10. The first-order valence-electron chi connectivity index (χ1n) is 5.50. The molecule has 0 radical (unpaired) electrons. The summed E-state index contributed by atoms with van der Waals surface area (Å²) in [6.45, 7) is 2.53. The molecule has 1 aliphatic carbocycles. The monoisotopic (exact) mass is 241 g/mol. The Balaban J connectivity index is 2.18. The largest absolute Gasteiger partial charge is 0.334 e. The van der Waals surface area contributed by atoms with Crippen LogP contribution in [0.4, 0.5) is 0 Å². The molecular formula is C11H16ClN3O. The van der Waals surface area contributed by atoms with Crippen molar-refractivity contribution in [1.82, 2.24) is 14.7 Å². The topological polar surface area (TPSA) is 38.1 Å². The Labute approximate surface area is 100 Å². The van der Waals surface area contributed by atoms with Crippen LogP contribution in [-0.4, -0.2) is 39.1 Å². The van der Waals surface area contributed by atoms with E-state index in [1.165, 1.54) is 0 Å². The second kappa shape index (κ2) is 4.45. The highest BCUT2D eigenvalue weighted by atomic mass is 35.5. The number of amides is 1. The van der Waals surface area contributed by atoms with Crippen molar-refractivity contribution in [3.63, 3.8) is 0 Å². The van der Waals surface area contributed by atoms with Crippen LogP contribution in [-0.2, 0) is 7.05 Å². The quantitative estimate of drug-likeness (QED) is 0.751.